The number of hydrogen-bond donors (Lipinski definition) is 1. The average molecular weight is 291 g/mol. The number of amides is 1. The van der Waals surface area contributed by atoms with Gasteiger partial charge < -0.3 is 10.1 Å². The van der Waals surface area contributed by atoms with Crippen molar-refractivity contribution in [3.63, 3.8) is 0 Å². The topological polar surface area (TPSA) is 55.4 Å². The number of carbonyl (C=O) groups is 2. The second-order valence-electron chi connectivity index (χ2n) is 4.49. The highest BCUT2D eigenvalue weighted by atomic mass is 32.1. The lowest BCUT2D eigenvalue weighted by Crippen LogP contribution is -2.36. The number of thiophene rings is 1. The molecule has 1 atom stereocenters. The third-order valence-corrected chi connectivity index (χ3v) is 3.93. The highest BCUT2D eigenvalue weighted by Gasteiger charge is 2.19. The second-order valence-corrected chi connectivity index (χ2v) is 5.57. The molecule has 4 nitrogen and oxygen atoms in total. The Bertz CT molecular complexity index is 587. The van der Waals surface area contributed by atoms with Crippen molar-refractivity contribution in [3.8, 4) is 0 Å². The molecule has 0 saturated heterocycles. The molecule has 106 valence electrons. The van der Waals surface area contributed by atoms with Gasteiger partial charge in [0.25, 0.3) is 5.91 Å². The molecule has 5 heteroatoms. The summed E-state index contributed by atoms with van der Waals surface area (Å²) in [6.45, 7) is 4.13. The Hall–Kier alpha value is -1.88. The van der Waals surface area contributed by atoms with Crippen LogP contribution in [0.3, 0.4) is 0 Å². The van der Waals surface area contributed by atoms with Crippen LogP contribution in [0.5, 0.6) is 0 Å². The maximum Gasteiger partial charge on any atom is 0.349 e. The first-order valence-corrected chi connectivity index (χ1v) is 7.40. The molecular weight excluding hydrogens is 274 g/mol. The molecule has 1 aromatic carbocycles. The Morgan fingerprint density at radius 1 is 1.35 bits per heavy atom. The van der Waals surface area contributed by atoms with Gasteiger partial charge in [-0.2, -0.15) is 0 Å². The summed E-state index contributed by atoms with van der Waals surface area (Å²) in [6, 6.07) is 9.53. The van der Waals surface area contributed by atoms with Gasteiger partial charge in [-0.05, 0) is 30.9 Å². The van der Waals surface area contributed by atoms with Crippen molar-refractivity contribution in [3.05, 3.63) is 35.2 Å². The Morgan fingerprint density at radius 3 is 2.80 bits per heavy atom. The van der Waals surface area contributed by atoms with Crippen molar-refractivity contribution in [1.29, 1.82) is 0 Å². The summed E-state index contributed by atoms with van der Waals surface area (Å²) < 4.78 is 6.21. The summed E-state index contributed by atoms with van der Waals surface area (Å²) in [4.78, 5) is 24.2. The van der Waals surface area contributed by atoms with E-state index in [9.17, 15) is 9.59 Å². The minimum Gasteiger partial charge on any atom is -0.448 e. The van der Waals surface area contributed by atoms with E-state index in [-0.39, 0.29) is 5.91 Å². The van der Waals surface area contributed by atoms with E-state index in [4.69, 9.17) is 4.74 Å². The van der Waals surface area contributed by atoms with Gasteiger partial charge >= 0.3 is 5.97 Å². The Kier molecular flexibility index (Phi) is 4.74. The maximum absolute atomic E-state index is 12.0. The molecule has 20 heavy (non-hydrogen) atoms. The third kappa shape index (κ3) is 3.36. The Balaban J connectivity index is 2.02. The summed E-state index contributed by atoms with van der Waals surface area (Å²) in [5.41, 5.74) is 0. The van der Waals surface area contributed by atoms with Crippen LogP contribution < -0.4 is 5.32 Å². The normalized spacial score (nSPS) is 12.1. The van der Waals surface area contributed by atoms with Crippen molar-refractivity contribution in [1.82, 2.24) is 5.32 Å². The number of esters is 1. The molecule has 0 saturated carbocycles. The third-order valence-electron chi connectivity index (χ3n) is 2.83. The van der Waals surface area contributed by atoms with Crippen molar-refractivity contribution < 1.29 is 14.3 Å². The highest BCUT2D eigenvalue weighted by Crippen LogP contribution is 2.25. The molecule has 1 aromatic heterocycles. The van der Waals surface area contributed by atoms with Crippen LogP contribution >= 0.6 is 11.3 Å². The molecule has 0 radical (unpaired) electrons. The molecule has 0 fully saturated rings. The summed E-state index contributed by atoms with van der Waals surface area (Å²) >= 11 is 1.37. The van der Waals surface area contributed by atoms with E-state index in [0.29, 0.717) is 11.4 Å². The molecule has 0 aliphatic heterocycles. The molecule has 1 heterocycles. The van der Waals surface area contributed by atoms with Crippen LogP contribution in [-0.4, -0.2) is 24.5 Å². The molecular formula is C15H17NO3S. The van der Waals surface area contributed by atoms with Crippen LogP contribution in [0.4, 0.5) is 0 Å². The number of ether oxygens (including phenoxy) is 1. The molecule has 1 amide bonds. The minimum absolute atomic E-state index is 0.263. The van der Waals surface area contributed by atoms with Crippen molar-refractivity contribution >= 4 is 33.3 Å². The predicted octanol–water partition coefficient (Wildman–Crippen LogP) is 2.97. The standard InChI is InChI=1S/C15H17NO3S/c1-3-8-16-14(17)10(2)19-15(18)13-9-11-6-4-5-7-12(11)20-13/h4-7,9-10H,3,8H2,1-2H3,(H,16,17). The van der Waals surface area contributed by atoms with Gasteiger partial charge in [0, 0.05) is 11.2 Å². The van der Waals surface area contributed by atoms with Gasteiger partial charge in [0.1, 0.15) is 4.88 Å². The first-order chi connectivity index (χ1) is 9.61. The fraction of sp³-hybridized carbons (Fsp3) is 0.333. The van der Waals surface area contributed by atoms with Crippen LogP contribution in [-0.2, 0) is 9.53 Å². The number of carbonyl (C=O) groups excluding carboxylic acids is 2. The van der Waals surface area contributed by atoms with Crippen LogP contribution in [0.2, 0.25) is 0 Å². The molecule has 1 unspecified atom stereocenters. The number of fused-ring (bicyclic) bond motifs is 1. The van der Waals surface area contributed by atoms with Crippen LogP contribution in [0.15, 0.2) is 30.3 Å². The maximum atomic E-state index is 12.0. The van der Waals surface area contributed by atoms with E-state index < -0.39 is 12.1 Å². The molecule has 1 N–H and O–H groups in total. The lowest BCUT2D eigenvalue weighted by atomic mass is 10.2. The number of hydrogen-bond acceptors (Lipinski definition) is 4. The zero-order valence-corrected chi connectivity index (χ0v) is 12.3. The van der Waals surface area contributed by atoms with Gasteiger partial charge in [0.15, 0.2) is 6.10 Å². The van der Waals surface area contributed by atoms with E-state index in [1.165, 1.54) is 11.3 Å². The Morgan fingerprint density at radius 2 is 2.10 bits per heavy atom. The summed E-state index contributed by atoms with van der Waals surface area (Å²) in [7, 11) is 0. The van der Waals surface area contributed by atoms with Gasteiger partial charge in [0.05, 0.1) is 0 Å². The smallest absolute Gasteiger partial charge is 0.349 e. The van der Waals surface area contributed by atoms with Crippen LogP contribution in [0, 0.1) is 0 Å². The average Bonchev–Trinajstić information content (AvgIpc) is 2.88. The molecule has 0 bridgehead atoms. The lowest BCUT2D eigenvalue weighted by molar-refractivity contribution is -0.129. The molecule has 0 aliphatic carbocycles. The quantitative estimate of drug-likeness (QED) is 0.862. The lowest BCUT2D eigenvalue weighted by Gasteiger charge is -2.12. The molecule has 0 aliphatic rings. The monoisotopic (exact) mass is 291 g/mol. The van der Waals surface area contributed by atoms with E-state index >= 15 is 0 Å². The fourth-order valence-corrected chi connectivity index (χ4v) is 2.69. The zero-order valence-electron chi connectivity index (χ0n) is 11.5. The van der Waals surface area contributed by atoms with Crippen LogP contribution in [0.1, 0.15) is 29.9 Å². The SMILES string of the molecule is CCCNC(=O)C(C)OC(=O)c1cc2ccccc2s1. The summed E-state index contributed by atoms with van der Waals surface area (Å²) in [5.74, 6) is -0.716. The first-order valence-electron chi connectivity index (χ1n) is 6.59. The second kappa shape index (κ2) is 6.52. The highest BCUT2D eigenvalue weighted by molar-refractivity contribution is 7.20. The van der Waals surface area contributed by atoms with Gasteiger partial charge in [-0.15, -0.1) is 11.3 Å². The van der Waals surface area contributed by atoms with E-state index in [1.54, 1.807) is 13.0 Å². The van der Waals surface area contributed by atoms with Crippen molar-refractivity contribution in [2.75, 3.05) is 6.54 Å². The minimum atomic E-state index is -0.778. The Labute approximate surface area is 121 Å². The first kappa shape index (κ1) is 14.5. The zero-order chi connectivity index (χ0) is 14.5. The van der Waals surface area contributed by atoms with Crippen molar-refractivity contribution in [2.45, 2.75) is 26.4 Å². The summed E-state index contributed by atoms with van der Waals surface area (Å²) in [6.07, 6.45) is 0.0715. The van der Waals surface area contributed by atoms with Gasteiger partial charge in [-0.25, -0.2) is 4.79 Å². The summed E-state index contributed by atoms with van der Waals surface area (Å²) in [5, 5.41) is 3.71. The number of nitrogens with one attached hydrogen (secondary N) is 1. The fourth-order valence-electron chi connectivity index (χ4n) is 1.75. The molecule has 2 aromatic rings. The van der Waals surface area contributed by atoms with E-state index in [1.807, 2.05) is 31.2 Å². The van der Waals surface area contributed by atoms with Gasteiger partial charge in [-0.1, -0.05) is 25.1 Å². The van der Waals surface area contributed by atoms with E-state index in [2.05, 4.69) is 5.32 Å². The van der Waals surface area contributed by atoms with Gasteiger partial charge in [-0.3, -0.25) is 4.79 Å². The van der Waals surface area contributed by atoms with Crippen LogP contribution in [0.25, 0.3) is 10.1 Å². The number of benzene rings is 1. The molecule has 2 rings (SSSR count). The number of rotatable bonds is 5. The molecule has 0 spiro atoms. The predicted molar refractivity (Wildman–Crippen MR) is 80.0 cm³/mol. The van der Waals surface area contributed by atoms with Gasteiger partial charge in [0.2, 0.25) is 0 Å². The van der Waals surface area contributed by atoms with Crippen molar-refractivity contribution in [2.24, 2.45) is 0 Å². The van der Waals surface area contributed by atoms with E-state index in [0.717, 1.165) is 16.5 Å². The largest absolute Gasteiger partial charge is 0.448 e.